The molecule has 2 aliphatic rings. The van der Waals surface area contributed by atoms with Gasteiger partial charge in [0.05, 0.1) is 0 Å². The van der Waals surface area contributed by atoms with E-state index >= 15 is 0 Å². The Balaban J connectivity index is 0.00000280. The zero-order valence-electron chi connectivity index (χ0n) is 17.8. The van der Waals surface area contributed by atoms with Crippen LogP contribution in [0.4, 0.5) is 0 Å². The maximum Gasteiger partial charge on any atom is 0.193 e. The van der Waals surface area contributed by atoms with Crippen LogP contribution < -0.4 is 5.32 Å². The molecular weight excluding hydrogens is 461 g/mol. The Hall–Kier alpha value is -0.860. The molecule has 0 spiro atoms. The lowest BCUT2D eigenvalue weighted by Crippen LogP contribution is -2.43. The van der Waals surface area contributed by atoms with E-state index in [0.717, 1.165) is 44.6 Å². The first kappa shape index (κ1) is 23.4. The largest absolute Gasteiger partial charge is 0.356 e. The molecule has 0 radical (unpaired) electrons. The monoisotopic (exact) mass is 499 g/mol. The quantitative estimate of drug-likeness (QED) is 0.355. The summed E-state index contributed by atoms with van der Waals surface area (Å²) < 4.78 is 0. The van der Waals surface area contributed by atoms with Gasteiger partial charge in [0.25, 0.3) is 0 Å². The molecule has 0 saturated carbocycles. The molecular formula is C22H38IN5. The Bertz CT molecular complexity index is 588. The summed E-state index contributed by atoms with van der Waals surface area (Å²) >= 11 is 0. The molecule has 2 heterocycles. The summed E-state index contributed by atoms with van der Waals surface area (Å²) in [6.45, 7) is 9.11. The third-order valence-electron chi connectivity index (χ3n) is 6.20. The van der Waals surface area contributed by atoms with Gasteiger partial charge in [0, 0.05) is 45.3 Å². The van der Waals surface area contributed by atoms with Crippen LogP contribution in [-0.2, 0) is 6.54 Å². The topological polar surface area (TPSA) is 34.1 Å². The minimum Gasteiger partial charge on any atom is -0.356 e. The predicted molar refractivity (Wildman–Crippen MR) is 130 cm³/mol. The van der Waals surface area contributed by atoms with Crippen molar-refractivity contribution in [3.63, 3.8) is 0 Å². The highest BCUT2D eigenvalue weighted by Gasteiger charge is 2.30. The van der Waals surface area contributed by atoms with Crippen molar-refractivity contribution in [2.45, 2.75) is 51.2 Å². The Morgan fingerprint density at radius 1 is 1.21 bits per heavy atom. The zero-order valence-corrected chi connectivity index (χ0v) is 20.1. The molecule has 2 unspecified atom stereocenters. The standard InChI is InChI=1S/C22H37N5.HI/c1-19(25(3)17-20-9-5-4-6-10-20)11-13-24-22(23-2)27-16-12-21(18-27)26-14-7-8-15-26;/h4-6,9-10,19,21H,7-8,11-18H2,1-3H3,(H,23,24);1H. The molecule has 1 N–H and O–H groups in total. The van der Waals surface area contributed by atoms with Gasteiger partial charge in [0.2, 0.25) is 0 Å². The maximum absolute atomic E-state index is 4.54. The van der Waals surface area contributed by atoms with Crippen molar-refractivity contribution in [1.29, 1.82) is 0 Å². The third-order valence-corrected chi connectivity index (χ3v) is 6.20. The SMILES string of the molecule is CN=C(NCCC(C)N(C)Cc1ccccc1)N1CCC(N2CCCC2)C1.I. The van der Waals surface area contributed by atoms with Crippen molar-refractivity contribution >= 4 is 29.9 Å². The van der Waals surface area contributed by atoms with Crippen LogP contribution in [0.15, 0.2) is 35.3 Å². The van der Waals surface area contributed by atoms with Crippen molar-refractivity contribution in [3.05, 3.63) is 35.9 Å². The Labute approximate surface area is 188 Å². The fraction of sp³-hybridized carbons (Fsp3) is 0.682. The number of likely N-dealkylation sites (tertiary alicyclic amines) is 2. The fourth-order valence-electron chi connectivity index (χ4n) is 4.31. The fourth-order valence-corrected chi connectivity index (χ4v) is 4.31. The van der Waals surface area contributed by atoms with E-state index < -0.39 is 0 Å². The third kappa shape index (κ3) is 6.59. The van der Waals surface area contributed by atoms with Gasteiger partial charge < -0.3 is 10.2 Å². The van der Waals surface area contributed by atoms with E-state index in [-0.39, 0.29) is 24.0 Å². The molecule has 158 valence electrons. The van der Waals surface area contributed by atoms with Crippen molar-refractivity contribution in [2.75, 3.05) is 46.8 Å². The minimum atomic E-state index is 0. The average molecular weight is 499 g/mol. The van der Waals surface area contributed by atoms with Crippen LogP contribution in [0.1, 0.15) is 38.2 Å². The smallest absolute Gasteiger partial charge is 0.193 e. The number of hydrogen-bond acceptors (Lipinski definition) is 3. The van der Waals surface area contributed by atoms with E-state index in [9.17, 15) is 0 Å². The van der Waals surface area contributed by atoms with Crippen molar-refractivity contribution in [1.82, 2.24) is 20.0 Å². The molecule has 0 aromatic heterocycles. The Morgan fingerprint density at radius 2 is 1.93 bits per heavy atom. The number of guanidine groups is 1. The van der Waals surface area contributed by atoms with Crippen molar-refractivity contribution < 1.29 is 0 Å². The molecule has 1 aromatic rings. The van der Waals surface area contributed by atoms with E-state index in [1.807, 2.05) is 7.05 Å². The lowest BCUT2D eigenvalue weighted by molar-refractivity contribution is 0.237. The highest BCUT2D eigenvalue weighted by Crippen LogP contribution is 2.20. The molecule has 2 aliphatic heterocycles. The van der Waals surface area contributed by atoms with Crippen LogP contribution >= 0.6 is 24.0 Å². The second-order valence-corrected chi connectivity index (χ2v) is 8.14. The molecule has 2 saturated heterocycles. The van der Waals surface area contributed by atoms with Crippen molar-refractivity contribution in [2.24, 2.45) is 4.99 Å². The summed E-state index contributed by atoms with van der Waals surface area (Å²) in [7, 11) is 4.13. The molecule has 1 aromatic carbocycles. The molecule has 6 heteroatoms. The van der Waals surface area contributed by atoms with E-state index in [1.165, 1.54) is 37.9 Å². The summed E-state index contributed by atoms with van der Waals surface area (Å²) in [6.07, 6.45) is 5.14. The van der Waals surface area contributed by atoms with Gasteiger partial charge >= 0.3 is 0 Å². The van der Waals surface area contributed by atoms with Gasteiger partial charge in [-0.3, -0.25) is 14.8 Å². The van der Waals surface area contributed by atoms with Crippen LogP contribution in [0, 0.1) is 0 Å². The van der Waals surface area contributed by atoms with Crippen molar-refractivity contribution in [3.8, 4) is 0 Å². The van der Waals surface area contributed by atoms with E-state index in [4.69, 9.17) is 0 Å². The van der Waals surface area contributed by atoms with Crippen LogP contribution in [0.5, 0.6) is 0 Å². The normalized spacial score (nSPS) is 21.8. The van der Waals surface area contributed by atoms with Crippen LogP contribution in [0.3, 0.4) is 0 Å². The molecule has 3 rings (SSSR count). The van der Waals surface area contributed by atoms with Gasteiger partial charge in [0.15, 0.2) is 5.96 Å². The molecule has 2 atom stereocenters. The summed E-state index contributed by atoms with van der Waals surface area (Å²) in [5.74, 6) is 1.08. The number of nitrogens with zero attached hydrogens (tertiary/aromatic N) is 4. The molecule has 2 fully saturated rings. The maximum atomic E-state index is 4.54. The summed E-state index contributed by atoms with van der Waals surface area (Å²) in [6, 6.07) is 12.0. The van der Waals surface area contributed by atoms with Gasteiger partial charge in [-0.2, -0.15) is 0 Å². The highest BCUT2D eigenvalue weighted by atomic mass is 127. The van der Waals surface area contributed by atoms with Gasteiger partial charge in [-0.25, -0.2) is 0 Å². The van der Waals surface area contributed by atoms with Gasteiger partial charge in [-0.1, -0.05) is 30.3 Å². The Morgan fingerprint density at radius 3 is 2.61 bits per heavy atom. The molecule has 0 aliphatic carbocycles. The first-order chi connectivity index (χ1) is 13.2. The summed E-state index contributed by atoms with van der Waals surface area (Å²) in [4.78, 5) is 12.1. The molecule has 0 amide bonds. The average Bonchev–Trinajstić information content (AvgIpc) is 3.37. The Kier molecular flexibility index (Phi) is 10.0. The number of halogens is 1. The second-order valence-electron chi connectivity index (χ2n) is 8.14. The molecule has 0 bridgehead atoms. The van der Waals surface area contributed by atoms with Gasteiger partial charge in [-0.05, 0) is 58.3 Å². The highest BCUT2D eigenvalue weighted by molar-refractivity contribution is 14.0. The molecule has 28 heavy (non-hydrogen) atoms. The second kappa shape index (κ2) is 12.0. The minimum absolute atomic E-state index is 0. The van der Waals surface area contributed by atoms with E-state index in [1.54, 1.807) is 0 Å². The lowest BCUT2D eigenvalue weighted by Gasteiger charge is -2.27. The number of aliphatic imine (C=N–C) groups is 1. The molecule has 5 nitrogen and oxygen atoms in total. The summed E-state index contributed by atoms with van der Waals surface area (Å²) in [5, 5.41) is 3.60. The number of nitrogens with one attached hydrogen (secondary N) is 1. The number of benzene rings is 1. The van der Waals surface area contributed by atoms with Gasteiger partial charge in [-0.15, -0.1) is 24.0 Å². The zero-order chi connectivity index (χ0) is 19.1. The number of rotatable bonds is 7. The summed E-state index contributed by atoms with van der Waals surface area (Å²) in [5.41, 5.74) is 1.38. The first-order valence-corrected chi connectivity index (χ1v) is 10.6. The first-order valence-electron chi connectivity index (χ1n) is 10.6. The van der Waals surface area contributed by atoms with Crippen LogP contribution in [0.2, 0.25) is 0 Å². The van der Waals surface area contributed by atoms with Crippen LogP contribution in [-0.4, -0.2) is 79.6 Å². The van der Waals surface area contributed by atoms with Gasteiger partial charge in [0.1, 0.15) is 0 Å². The van der Waals surface area contributed by atoms with E-state index in [2.05, 4.69) is 69.3 Å². The van der Waals surface area contributed by atoms with Crippen LogP contribution in [0.25, 0.3) is 0 Å². The number of hydrogen-bond donors (Lipinski definition) is 1. The lowest BCUT2D eigenvalue weighted by atomic mass is 10.1. The predicted octanol–water partition coefficient (Wildman–Crippen LogP) is 3.26. The van der Waals surface area contributed by atoms with E-state index in [0.29, 0.717) is 6.04 Å².